The minimum Gasteiger partial charge on any atom is -0.306 e. The molecule has 6 heteroatoms. The molecule has 0 unspecified atom stereocenters. The summed E-state index contributed by atoms with van der Waals surface area (Å²) in [5, 5.41) is 0. The Labute approximate surface area is 150 Å². The Kier molecular flexibility index (Phi) is 4.42. The fraction of sp³-hybridized carbons (Fsp3) is 0.300. The number of aromatic amines is 1. The fourth-order valence-corrected chi connectivity index (χ4v) is 3.70. The Bertz CT molecular complexity index is 982. The summed E-state index contributed by atoms with van der Waals surface area (Å²) in [6.45, 7) is 1.83. The SMILES string of the molecule is O=C(CN1CCC(n2c(=O)[nH]c3ccccc32)CC1)c1ccc(F)cc1. The number of nitrogens with zero attached hydrogens (tertiary/aromatic N) is 2. The van der Waals surface area contributed by atoms with Crippen LogP contribution in [-0.2, 0) is 0 Å². The van der Waals surface area contributed by atoms with Crippen molar-refractivity contribution in [2.75, 3.05) is 19.6 Å². The number of benzene rings is 2. The van der Waals surface area contributed by atoms with E-state index < -0.39 is 0 Å². The van der Waals surface area contributed by atoms with E-state index in [1.807, 2.05) is 28.8 Å². The number of halogens is 1. The molecule has 0 aliphatic carbocycles. The van der Waals surface area contributed by atoms with Crippen LogP contribution in [0.3, 0.4) is 0 Å². The number of likely N-dealkylation sites (tertiary alicyclic amines) is 1. The third kappa shape index (κ3) is 3.20. The highest BCUT2D eigenvalue weighted by molar-refractivity contribution is 5.97. The van der Waals surface area contributed by atoms with Gasteiger partial charge in [0.25, 0.3) is 0 Å². The normalized spacial score (nSPS) is 16.2. The molecule has 4 rings (SSSR count). The topological polar surface area (TPSA) is 58.1 Å². The Balaban J connectivity index is 1.42. The molecule has 0 bridgehead atoms. The molecule has 1 aromatic heterocycles. The molecule has 0 saturated carbocycles. The minimum atomic E-state index is -0.341. The summed E-state index contributed by atoms with van der Waals surface area (Å²) < 4.78 is 14.8. The van der Waals surface area contributed by atoms with E-state index in [0.717, 1.165) is 37.0 Å². The van der Waals surface area contributed by atoms with Crippen molar-refractivity contribution in [3.63, 3.8) is 0 Å². The Morgan fingerprint density at radius 1 is 1.08 bits per heavy atom. The zero-order valence-corrected chi connectivity index (χ0v) is 14.3. The average molecular weight is 353 g/mol. The monoisotopic (exact) mass is 353 g/mol. The Hall–Kier alpha value is -2.73. The molecule has 1 aliphatic rings. The lowest BCUT2D eigenvalue weighted by Gasteiger charge is -2.32. The minimum absolute atomic E-state index is 0.00675. The van der Waals surface area contributed by atoms with Crippen LogP contribution in [0.4, 0.5) is 4.39 Å². The van der Waals surface area contributed by atoms with Gasteiger partial charge in [-0.2, -0.15) is 0 Å². The summed E-state index contributed by atoms with van der Waals surface area (Å²) in [5.41, 5.74) is 2.23. The van der Waals surface area contributed by atoms with Gasteiger partial charge >= 0.3 is 5.69 Å². The fourth-order valence-electron chi connectivity index (χ4n) is 3.70. The van der Waals surface area contributed by atoms with Gasteiger partial charge in [-0.05, 0) is 49.2 Å². The van der Waals surface area contributed by atoms with Gasteiger partial charge in [0.2, 0.25) is 0 Å². The van der Waals surface area contributed by atoms with Gasteiger partial charge in [-0.15, -0.1) is 0 Å². The number of rotatable bonds is 4. The van der Waals surface area contributed by atoms with E-state index in [0.29, 0.717) is 12.1 Å². The number of ketones is 1. The molecule has 3 aromatic rings. The maximum Gasteiger partial charge on any atom is 0.326 e. The number of carbonyl (C=O) groups excluding carboxylic acids is 1. The van der Waals surface area contributed by atoms with Gasteiger partial charge in [0, 0.05) is 24.7 Å². The number of hydrogen-bond acceptors (Lipinski definition) is 3. The molecule has 1 N–H and O–H groups in total. The quantitative estimate of drug-likeness (QED) is 0.734. The van der Waals surface area contributed by atoms with Gasteiger partial charge in [0.05, 0.1) is 17.6 Å². The number of para-hydroxylation sites is 2. The predicted molar refractivity (Wildman–Crippen MR) is 98.0 cm³/mol. The standard InChI is InChI=1S/C20H20FN3O2/c21-15-7-5-14(6-8-15)19(25)13-23-11-9-16(10-12-23)24-18-4-2-1-3-17(18)22-20(24)26/h1-8,16H,9-13H2,(H,22,26). The van der Waals surface area contributed by atoms with Gasteiger partial charge in [-0.25, -0.2) is 9.18 Å². The molecule has 1 aliphatic heterocycles. The summed E-state index contributed by atoms with van der Waals surface area (Å²) >= 11 is 0. The third-order valence-electron chi connectivity index (χ3n) is 5.08. The number of nitrogens with one attached hydrogen (secondary N) is 1. The Morgan fingerprint density at radius 3 is 2.50 bits per heavy atom. The number of aromatic nitrogens is 2. The summed E-state index contributed by atoms with van der Waals surface area (Å²) in [7, 11) is 0. The van der Waals surface area contributed by atoms with Crippen molar-refractivity contribution >= 4 is 16.8 Å². The van der Waals surface area contributed by atoms with Crippen LogP contribution in [0.15, 0.2) is 53.3 Å². The molecular weight excluding hydrogens is 333 g/mol. The van der Waals surface area contributed by atoms with Gasteiger partial charge in [0.1, 0.15) is 5.82 Å². The molecular formula is C20H20FN3O2. The molecule has 2 heterocycles. The van der Waals surface area contributed by atoms with Crippen molar-refractivity contribution in [1.29, 1.82) is 0 Å². The maximum atomic E-state index is 13.0. The van der Waals surface area contributed by atoms with Crippen LogP contribution < -0.4 is 5.69 Å². The molecule has 1 saturated heterocycles. The second-order valence-electron chi connectivity index (χ2n) is 6.75. The predicted octanol–water partition coefficient (Wildman–Crippen LogP) is 2.99. The summed E-state index contributed by atoms with van der Waals surface area (Å²) in [6, 6.07) is 13.5. The highest BCUT2D eigenvalue weighted by atomic mass is 19.1. The molecule has 26 heavy (non-hydrogen) atoms. The van der Waals surface area contributed by atoms with E-state index in [1.165, 1.54) is 24.3 Å². The zero-order chi connectivity index (χ0) is 18.1. The first-order valence-corrected chi connectivity index (χ1v) is 8.82. The number of imidazole rings is 1. The van der Waals surface area contributed by atoms with E-state index in [9.17, 15) is 14.0 Å². The first-order chi connectivity index (χ1) is 12.6. The number of carbonyl (C=O) groups is 1. The molecule has 0 atom stereocenters. The highest BCUT2D eigenvalue weighted by Gasteiger charge is 2.24. The number of H-pyrrole nitrogens is 1. The lowest BCUT2D eigenvalue weighted by molar-refractivity contribution is 0.0898. The first kappa shape index (κ1) is 16.7. The molecule has 1 fully saturated rings. The number of hydrogen-bond donors (Lipinski definition) is 1. The van der Waals surface area contributed by atoms with Crippen molar-refractivity contribution in [1.82, 2.24) is 14.5 Å². The van der Waals surface area contributed by atoms with Crippen molar-refractivity contribution < 1.29 is 9.18 Å². The lowest BCUT2D eigenvalue weighted by atomic mass is 10.0. The molecule has 0 radical (unpaired) electrons. The first-order valence-electron chi connectivity index (χ1n) is 8.82. The van der Waals surface area contributed by atoms with Crippen LogP contribution in [0.5, 0.6) is 0 Å². The number of fused-ring (bicyclic) bond motifs is 1. The van der Waals surface area contributed by atoms with E-state index in [4.69, 9.17) is 0 Å². The number of piperidine rings is 1. The van der Waals surface area contributed by atoms with Crippen LogP contribution in [0, 0.1) is 5.82 Å². The zero-order valence-electron chi connectivity index (χ0n) is 14.3. The van der Waals surface area contributed by atoms with E-state index in [2.05, 4.69) is 9.88 Å². The smallest absolute Gasteiger partial charge is 0.306 e. The lowest BCUT2D eigenvalue weighted by Crippen LogP contribution is -2.39. The highest BCUT2D eigenvalue weighted by Crippen LogP contribution is 2.24. The summed E-state index contributed by atoms with van der Waals surface area (Å²) in [4.78, 5) is 29.7. The molecule has 5 nitrogen and oxygen atoms in total. The largest absolute Gasteiger partial charge is 0.326 e. The van der Waals surface area contributed by atoms with Gasteiger partial charge in [-0.3, -0.25) is 14.3 Å². The molecule has 2 aromatic carbocycles. The van der Waals surface area contributed by atoms with E-state index in [-0.39, 0.29) is 23.3 Å². The maximum absolute atomic E-state index is 13.0. The average Bonchev–Trinajstić information content (AvgIpc) is 2.99. The van der Waals surface area contributed by atoms with Crippen molar-refractivity contribution in [3.8, 4) is 0 Å². The van der Waals surface area contributed by atoms with Crippen molar-refractivity contribution in [2.45, 2.75) is 18.9 Å². The van der Waals surface area contributed by atoms with Gasteiger partial charge in [0.15, 0.2) is 5.78 Å². The Morgan fingerprint density at radius 2 is 1.77 bits per heavy atom. The summed E-state index contributed by atoms with van der Waals surface area (Å²) in [5.74, 6) is -0.348. The van der Waals surface area contributed by atoms with Crippen LogP contribution >= 0.6 is 0 Å². The van der Waals surface area contributed by atoms with E-state index in [1.54, 1.807) is 0 Å². The van der Waals surface area contributed by atoms with E-state index >= 15 is 0 Å². The third-order valence-corrected chi connectivity index (χ3v) is 5.08. The summed E-state index contributed by atoms with van der Waals surface area (Å²) in [6.07, 6.45) is 1.64. The van der Waals surface area contributed by atoms with Crippen LogP contribution in [0.2, 0.25) is 0 Å². The van der Waals surface area contributed by atoms with Crippen LogP contribution in [-0.4, -0.2) is 39.9 Å². The molecule has 0 amide bonds. The second kappa shape index (κ2) is 6.88. The molecule has 0 spiro atoms. The second-order valence-corrected chi connectivity index (χ2v) is 6.75. The van der Waals surface area contributed by atoms with Gasteiger partial charge in [-0.1, -0.05) is 12.1 Å². The van der Waals surface area contributed by atoms with Crippen LogP contribution in [0.25, 0.3) is 11.0 Å². The number of Topliss-reactive ketones (excluding diaryl/α,β-unsaturated/α-hetero) is 1. The van der Waals surface area contributed by atoms with Crippen LogP contribution in [0.1, 0.15) is 29.2 Å². The van der Waals surface area contributed by atoms with Crippen molar-refractivity contribution in [3.05, 3.63) is 70.4 Å². The molecule has 134 valence electrons. The van der Waals surface area contributed by atoms with Crippen molar-refractivity contribution in [2.24, 2.45) is 0 Å². The van der Waals surface area contributed by atoms with Gasteiger partial charge < -0.3 is 4.98 Å².